The Bertz CT molecular complexity index is 821. The molecule has 0 fully saturated rings. The van der Waals surface area contributed by atoms with Gasteiger partial charge in [0.05, 0.1) is 5.57 Å². The summed E-state index contributed by atoms with van der Waals surface area (Å²) in [5.41, 5.74) is 6.26. The standard InChI is InChI=1S/C17H11BN2/c1-2-6-13(5-1)11-12-18-19-15-9-3-7-14-8-4-10-16(20-18)17(14)15/h1-5,7-10,19-20H. The van der Waals surface area contributed by atoms with Gasteiger partial charge in [-0.2, -0.15) is 0 Å². The number of anilines is 2. The predicted octanol–water partition coefficient (Wildman–Crippen LogP) is 3.36. The van der Waals surface area contributed by atoms with Crippen LogP contribution in [-0.4, -0.2) is 6.98 Å². The van der Waals surface area contributed by atoms with Crippen molar-refractivity contribution in [3.8, 4) is 11.7 Å². The third kappa shape index (κ3) is 1.80. The number of benzene rings is 2. The molecule has 0 saturated heterocycles. The minimum atomic E-state index is -0.0844. The largest absolute Gasteiger partial charge is 0.460 e. The van der Waals surface area contributed by atoms with Crippen LogP contribution in [0.5, 0.6) is 0 Å². The lowest BCUT2D eigenvalue weighted by Gasteiger charge is -2.23. The average Bonchev–Trinajstić information content (AvgIpc) is 2.99. The quantitative estimate of drug-likeness (QED) is 0.428. The van der Waals surface area contributed by atoms with Gasteiger partial charge in [0.25, 0.3) is 0 Å². The van der Waals surface area contributed by atoms with Gasteiger partial charge >= 0.3 is 6.98 Å². The highest BCUT2D eigenvalue weighted by atomic mass is 15.0. The number of hydrogen-bond donors (Lipinski definition) is 2. The van der Waals surface area contributed by atoms with E-state index < -0.39 is 0 Å². The number of allylic oxidation sites excluding steroid dienone is 3. The summed E-state index contributed by atoms with van der Waals surface area (Å²) < 4.78 is 0. The van der Waals surface area contributed by atoms with Gasteiger partial charge in [-0.3, -0.25) is 0 Å². The van der Waals surface area contributed by atoms with E-state index in [0.717, 1.165) is 16.9 Å². The Kier molecular flexibility index (Phi) is 2.42. The van der Waals surface area contributed by atoms with Gasteiger partial charge in [0.2, 0.25) is 0 Å². The molecule has 2 aliphatic rings. The molecule has 0 unspecified atom stereocenters. The zero-order chi connectivity index (χ0) is 13.4. The molecule has 92 valence electrons. The van der Waals surface area contributed by atoms with Gasteiger partial charge in [0, 0.05) is 16.8 Å². The maximum absolute atomic E-state index is 3.43. The van der Waals surface area contributed by atoms with Gasteiger partial charge in [0.1, 0.15) is 0 Å². The molecule has 0 atom stereocenters. The third-order valence-electron chi connectivity index (χ3n) is 3.45. The van der Waals surface area contributed by atoms with Crippen molar-refractivity contribution in [2.45, 2.75) is 0 Å². The summed E-state index contributed by atoms with van der Waals surface area (Å²) in [5, 5.41) is 9.31. The molecule has 2 aromatic rings. The Morgan fingerprint density at radius 2 is 1.75 bits per heavy atom. The Morgan fingerprint density at radius 1 is 1.00 bits per heavy atom. The van der Waals surface area contributed by atoms with Crippen molar-refractivity contribution in [1.82, 2.24) is 0 Å². The molecule has 20 heavy (non-hydrogen) atoms. The second kappa shape index (κ2) is 4.38. The molecule has 2 N–H and O–H groups in total. The van der Waals surface area contributed by atoms with E-state index in [-0.39, 0.29) is 6.98 Å². The summed E-state index contributed by atoms with van der Waals surface area (Å²) >= 11 is 0. The lowest BCUT2D eigenvalue weighted by atomic mass is 9.74. The summed E-state index contributed by atoms with van der Waals surface area (Å²) in [7, 11) is 0. The van der Waals surface area contributed by atoms with Crippen molar-refractivity contribution in [3.05, 3.63) is 65.9 Å². The summed E-state index contributed by atoms with van der Waals surface area (Å²) in [4.78, 5) is 0. The van der Waals surface area contributed by atoms with Crippen LogP contribution < -0.4 is 10.5 Å². The van der Waals surface area contributed by atoms with Crippen LogP contribution in [0.2, 0.25) is 0 Å². The molecule has 1 aliphatic carbocycles. The normalized spacial score (nSPS) is 14.4. The van der Waals surface area contributed by atoms with Crippen molar-refractivity contribution in [2.75, 3.05) is 10.5 Å². The van der Waals surface area contributed by atoms with Crippen molar-refractivity contribution < 1.29 is 0 Å². The second-order valence-corrected chi connectivity index (χ2v) is 4.78. The van der Waals surface area contributed by atoms with E-state index in [2.05, 4.69) is 64.3 Å². The molecule has 1 aliphatic heterocycles. The molecule has 1 heterocycles. The van der Waals surface area contributed by atoms with Crippen LogP contribution in [0.15, 0.2) is 65.9 Å². The van der Waals surface area contributed by atoms with Crippen LogP contribution in [0.1, 0.15) is 0 Å². The summed E-state index contributed by atoms with van der Waals surface area (Å²) in [6.45, 7) is -0.0844. The molecule has 0 bridgehead atoms. The van der Waals surface area contributed by atoms with Gasteiger partial charge in [-0.15, -0.1) is 5.73 Å². The first-order chi connectivity index (χ1) is 9.90. The van der Waals surface area contributed by atoms with Gasteiger partial charge in [-0.1, -0.05) is 42.1 Å². The maximum atomic E-state index is 3.43. The first kappa shape index (κ1) is 11.0. The molecule has 0 aromatic heterocycles. The minimum Gasteiger partial charge on any atom is -0.398 e. The highest BCUT2D eigenvalue weighted by Crippen LogP contribution is 2.33. The van der Waals surface area contributed by atoms with E-state index in [1.807, 2.05) is 18.2 Å². The van der Waals surface area contributed by atoms with Crippen LogP contribution in [0, 0.1) is 11.7 Å². The Labute approximate surface area is 118 Å². The highest BCUT2D eigenvalue weighted by Gasteiger charge is 2.21. The Morgan fingerprint density at radius 3 is 2.40 bits per heavy atom. The first-order valence-electron chi connectivity index (χ1n) is 6.60. The molecular weight excluding hydrogens is 243 g/mol. The third-order valence-corrected chi connectivity index (χ3v) is 3.45. The van der Waals surface area contributed by atoms with Crippen molar-refractivity contribution in [3.63, 3.8) is 0 Å². The average molecular weight is 254 g/mol. The number of nitrogens with one attached hydrogen (secondary N) is 2. The van der Waals surface area contributed by atoms with Crippen molar-refractivity contribution in [1.29, 1.82) is 0 Å². The predicted molar refractivity (Wildman–Crippen MR) is 85.5 cm³/mol. The number of hydrogen-bond acceptors (Lipinski definition) is 2. The zero-order valence-corrected chi connectivity index (χ0v) is 10.8. The van der Waals surface area contributed by atoms with Gasteiger partial charge in [-0.25, -0.2) is 0 Å². The smallest absolute Gasteiger partial charge is 0.398 e. The van der Waals surface area contributed by atoms with E-state index in [0.29, 0.717) is 0 Å². The van der Waals surface area contributed by atoms with E-state index in [1.54, 1.807) is 0 Å². The summed E-state index contributed by atoms with van der Waals surface area (Å²) in [6, 6.07) is 12.6. The minimum absolute atomic E-state index is 0.0844. The van der Waals surface area contributed by atoms with Crippen molar-refractivity contribution >= 4 is 29.1 Å². The lowest BCUT2D eigenvalue weighted by molar-refractivity contribution is 1.62. The monoisotopic (exact) mass is 254 g/mol. The van der Waals surface area contributed by atoms with E-state index in [9.17, 15) is 0 Å². The van der Waals surface area contributed by atoms with Gasteiger partial charge in [-0.05, 0) is 29.7 Å². The first-order valence-corrected chi connectivity index (χ1v) is 6.60. The molecular formula is C17H11BN2. The van der Waals surface area contributed by atoms with Gasteiger partial charge < -0.3 is 10.5 Å². The van der Waals surface area contributed by atoms with Crippen LogP contribution in [-0.2, 0) is 0 Å². The van der Waals surface area contributed by atoms with E-state index >= 15 is 0 Å². The molecule has 0 amide bonds. The Balaban J connectivity index is 1.72. The lowest BCUT2D eigenvalue weighted by Crippen LogP contribution is -2.36. The molecule has 2 nitrogen and oxygen atoms in total. The van der Waals surface area contributed by atoms with Crippen LogP contribution in [0.25, 0.3) is 10.8 Å². The number of rotatable bonds is 0. The van der Waals surface area contributed by atoms with Crippen LogP contribution in [0.4, 0.5) is 11.4 Å². The topological polar surface area (TPSA) is 24.1 Å². The fraction of sp³-hybridized carbons (Fsp3) is 0. The fourth-order valence-corrected chi connectivity index (χ4v) is 2.56. The summed E-state index contributed by atoms with van der Waals surface area (Å²) in [6.07, 6.45) is 5.79. The van der Waals surface area contributed by atoms with Crippen LogP contribution >= 0.6 is 0 Å². The molecule has 2 aromatic carbocycles. The fourth-order valence-electron chi connectivity index (χ4n) is 2.56. The molecule has 3 heteroatoms. The van der Waals surface area contributed by atoms with E-state index in [1.165, 1.54) is 10.8 Å². The maximum Gasteiger partial charge on any atom is 0.460 e. The van der Waals surface area contributed by atoms with Crippen LogP contribution in [0.3, 0.4) is 0 Å². The SMILES string of the molecule is C1=CC=CC=1C#CB1Nc2cccc3cccc(c23)N1. The highest BCUT2D eigenvalue weighted by molar-refractivity contribution is 6.75. The van der Waals surface area contributed by atoms with Crippen molar-refractivity contribution in [2.24, 2.45) is 0 Å². The second-order valence-electron chi connectivity index (χ2n) is 4.78. The molecule has 4 rings (SSSR count). The summed E-state index contributed by atoms with van der Waals surface area (Å²) in [5.74, 6) is 6.33. The van der Waals surface area contributed by atoms with E-state index in [4.69, 9.17) is 0 Å². The molecule has 0 radical (unpaired) electrons. The zero-order valence-electron chi connectivity index (χ0n) is 10.8. The molecule has 0 saturated carbocycles. The molecule has 0 spiro atoms. The Hall–Kier alpha value is -2.82. The van der Waals surface area contributed by atoms with Gasteiger partial charge in [0.15, 0.2) is 0 Å².